The Morgan fingerprint density at radius 2 is 2.26 bits per heavy atom. The van der Waals surface area contributed by atoms with Crippen LogP contribution in [0.25, 0.3) is 0 Å². The Labute approximate surface area is 121 Å². The summed E-state index contributed by atoms with van der Waals surface area (Å²) in [5.41, 5.74) is 1.19. The minimum atomic E-state index is -0.373. The molecule has 0 amide bonds. The fourth-order valence-corrected chi connectivity index (χ4v) is 3.22. The van der Waals surface area contributed by atoms with Gasteiger partial charge >= 0.3 is 0 Å². The summed E-state index contributed by atoms with van der Waals surface area (Å²) < 4.78 is 0.800. The number of nitrogens with one attached hydrogen (secondary N) is 1. The van der Waals surface area contributed by atoms with Gasteiger partial charge in [0.25, 0.3) is 5.69 Å². The van der Waals surface area contributed by atoms with Gasteiger partial charge in [-0.15, -0.1) is 0 Å². The lowest BCUT2D eigenvalue weighted by Gasteiger charge is -2.16. The van der Waals surface area contributed by atoms with E-state index in [1.807, 2.05) is 6.07 Å². The molecule has 0 bridgehead atoms. The number of hydrogen-bond acceptors (Lipinski definition) is 3. The first-order valence-electron chi connectivity index (χ1n) is 6.71. The summed E-state index contributed by atoms with van der Waals surface area (Å²) in [6.07, 6.45) is 4.00. The van der Waals surface area contributed by atoms with E-state index in [4.69, 9.17) is 0 Å². The first-order valence-corrected chi connectivity index (χ1v) is 7.50. The molecule has 2 rings (SSSR count). The molecule has 0 aromatic heterocycles. The SMILES string of the molecule is CC1CCCC1CNCc1ccc([N+](=O)[O-])cc1Br. The van der Waals surface area contributed by atoms with Crippen LogP contribution in [0.3, 0.4) is 0 Å². The summed E-state index contributed by atoms with van der Waals surface area (Å²) in [5.74, 6) is 1.59. The van der Waals surface area contributed by atoms with Gasteiger partial charge in [-0.05, 0) is 36.4 Å². The molecule has 0 spiro atoms. The van der Waals surface area contributed by atoms with Gasteiger partial charge in [-0.3, -0.25) is 10.1 Å². The van der Waals surface area contributed by atoms with Gasteiger partial charge in [0.15, 0.2) is 0 Å². The van der Waals surface area contributed by atoms with E-state index in [1.165, 1.54) is 19.3 Å². The monoisotopic (exact) mass is 326 g/mol. The summed E-state index contributed by atoms with van der Waals surface area (Å²) >= 11 is 3.40. The molecule has 0 aliphatic heterocycles. The summed E-state index contributed by atoms with van der Waals surface area (Å²) in [6, 6.07) is 4.93. The van der Waals surface area contributed by atoms with Gasteiger partial charge in [0.05, 0.1) is 4.92 Å². The van der Waals surface area contributed by atoms with Crippen LogP contribution in [0, 0.1) is 22.0 Å². The standard InChI is InChI=1S/C14H19BrN2O2/c1-10-3-2-4-11(10)8-16-9-12-5-6-13(17(18)19)7-14(12)15/h5-7,10-11,16H,2-4,8-9H2,1H3. The van der Waals surface area contributed by atoms with E-state index in [0.29, 0.717) is 0 Å². The van der Waals surface area contributed by atoms with E-state index in [9.17, 15) is 10.1 Å². The zero-order valence-corrected chi connectivity index (χ0v) is 12.6. The van der Waals surface area contributed by atoms with Crippen LogP contribution in [0.1, 0.15) is 31.7 Å². The van der Waals surface area contributed by atoms with Crippen LogP contribution in [0.15, 0.2) is 22.7 Å². The van der Waals surface area contributed by atoms with Crippen molar-refractivity contribution >= 4 is 21.6 Å². The number of benzene rings is 1. The molecule has 1 aromatic carbocycles. The number of nitro groups is 1. The zero-order chi connectivity index (χ0) is 13.8. The molecule has 0 radical (unpaired) electrons. The van der Waals surface area contributed by atoms with E-state index in [1.54, 1.807) is 12.1 Å². The zero-order valence-electron chi connectivity index (χ0n) is 11.1. The molecule has 1 aliphatic rings. The van der Waals surface area contributed by atoms with E-state index in [0.717, 1.165) is 35.0 Å². The predicted molar refractivity (Wildman–Crippen MR) is 79.0 cm³/mol. The number of non-ortho nitro benzene ring substituents is 1. The second-order valence-electron chi connectivity index (χ2n) is 5.33. The van der Waals surface area contributed by atoms with Crippen LogP contribution in [0.2, 0.25) is 0 Å². The molecule has 1 N–H and O–H groups in total. The average Bonchev–Trinajstić information content (AvgIpc) is 2.77. The van der Waals surface area contributed by atoms with Gasteiger partial charge in [0.1, 0.15) is 0 Å². The topological polar surface area (TPSA) is 55.2 Å². The minimum absolute atomic E-state index is 0.125. The molecular formula is C14H19BrN2O2. The Morgan fingerprint density at radius 3 is 2.84 bits per heavy atom. The van der Waals surface area contributed by atoms with Crippen molar-refractivity contribution in [3.05, 3.63) is 38.3 Å². The molecular weight excluding hydrogens is 308 g/mol. The Hall–Kier alpha value is -0.940. The second kappa shape index (κ2) is 6.48. The number of nitro benzene ring substituents is 1. The maximum absolute atomic E-state index is 10.7. The quantitative estimate of drug-likeness (QED) is 0.659. The third kappa shape index (κ3) is 3.76. The number of halogens is 1. The number of rotatable bonds is 5. The highest BCUT2D eigenvalue weighted by molar-refractivity contribution is 9.10. The third-order valence-electron chi connectivity index (χ3n) is 4.01. The van der Waals surface area contributed by atoms with Crippen molar-refractivity contribution in [3.63, 3.8) is 0 Å². The highest BCUT2D eigenvalue weighted by Gasteiger charge is 2.22. The molecule has 2 atom stereocenters. The second-order valence-corrected chi connectivity index (χ2v) is 6.19. The third-order valence-corrected chi connectivity index (χ3v) is 4.75. The Balaban J connectivity index is 1.87. The van der Waals surface area contributed by atoms with Crippen molar-refractivity contribution in [3.8, 4) is 0 Å². The van der Waals surface area contributed by atoms with Crippen molar-refractivity contribution in [2.45, 2.75) is 32.7 Å². The van der Waals surface area contributed by atoms with Gasteiger partial charge in [0, 0.05) is 23.2 Å². The fraction of sp³-hybridized carbons (Fsp3) is 0.571. The van der Waals surface area contributed by atoms with Gasteiger partial charge in [-0.2, -0.15) is 0 Å². The smallest absolute Gasteiger partial charge is 0.270 e. The predicted octanol–water partition coefficient (Wildman–Crippen LogP) is 3.88. The average molecular weight is 327 g/mol. The van der Waals surface area contributed by atoms with Gasteiger partial charge in [0.2, 0.25) is 0 Å². The molecule has 104 valence electrons. The molecule has 19 heavy (non-hydrogen) atoms. The van der Waals surface area contributed by atoms with E-state index in [2.05, 4.69) is 28.2 Å². The summed E-state index contributed by atoms with van der Waals surface area (Å²) in [7, 11) is 0. The highest BCUT2D eigenvalue weighted by Crippen LogP contribution is 2.30. The lowest BCUT2D eigenvalue weighted by atomic mass is 9.98. The summed E-state index contributed by atoms with van der Waals surface area (Å²) in [4.78, 5) is 10.3. The molecule has 2 unspecified atom stereocenters. The molecule has 1 fully saturated rings. The molecule has 4 nitrogen and oxygen atoms in total. The number of nitrogens with zero attached hydrogens (tertiary/aromatic N) is 1. The van der Waals surface area contributed by atoms with Crippen molar-refractivity contribution in [2.75, 3.05) is 6.54 Å². The summed E-state index contributed by atoms with van der Waals surface area (Å²) in [6.45, 7) is 4.10. The van der Waals surface area contributed by atoms with Crippen molar-refractivity contribution in [2.24, 2.45) is 11.8 Å². The maximum atomic E-state index is 10.7. The van der Waals surface area contributed by atoms with Gasteiger partial charge in [-0.1, -0.05) is 35.7 Å². The summed E-state index contributed by atoms with van der Waals surface area (Å²) in [5, 5.41) is 14.1. The lowest BCUT2D eigenvalue weighted by molar-refractivity contribution is -0.384. The van der Waals surface area contributed by atoms with Crippen LogP contribution < -0.4 is 5.32 Å². The van der Waals surface area contributed by atoms with Crippen LogP contribution in [-0.2, 0) is 6.54 Å². The normalized spacial score (nSPS) is 22.6. The van der Waals surface area contributed by atoms with Crippen LogP contribution in [0.5, 0.6) is 0 Å². The maximum Gasteiger partial charge on any atom is 0.270 e. The van der Waals surface area contributed by atoms with Crippen molar-refractivity contribution in [1.29, 1.82) is 0 Å². The van der Waals surface area contributed by atoms with E-state index in [-0.39, 0.29) is 10.6 Å². The van der Waals surface area contributed by atoms with E-state index >= 15 is 0 Å². The molecule has 0 heterocycles. The lowest BCUT2D eigenvalue weighted by Crippen LogP contribution is -2.24. The van der Waals surface area contributed by atoms with Crippen LogP contribution >= 0.6 is 15.9 Å². The number of hydrogen-bond donors (Lipinski definition) is 1. The first kappa shape index (κ1) is 14.5. The van der Waals surface area contributed by atoms with Crippen molar-refractivity contribution in [1.82, 2.24) is 5.32 Å². The fourth-order valence-electron chi connectivity index (χ4n) is 2.71. The largest absolute Gasteiger partial charge is 0.312 e. The minimum Gasteiger partial charge on any atom is -0.312 e. The van der Waals surface area contributed by atoms with Gasteiger partial charge < -0.3 is 5.32 Å². The Kier molecular flexibility index (Phi) is 4.93. The van der Waals surface area contributed by atoms with Crippen LogP contribution in [-0.4, -0.2) is 11.5 Å². The van der Waals surface area contributed by atoms with E-state index < -0.39 is 0 Å². The van der Waals surface area contributed by atoms with Gasteiger partial charge in [-0.25, -0.2) is 0 Å². The highest BCUT2D eigenvalue weighted by atomic mass is 79.9. The Morgan fingerprint density at radius 1 is 1.47 bits per heavy atom. The van der Waals surface area contributed by atoms with Crippen molar-refractivity contribution < 1.29 is 4.92 Å². The molecule has 1 aliphatic carbocycles. The molecule has 1 saturated carbocycles. The molecule has 1 aromatic rings. The Bertz CT molecular complexity index is 465. The molecule has 5 heteroatoms. The van der Waals surface area contributed by atoms with Crippen LogP contribution in [0.4, 0.5) is 5.69 Å². The first-order chi connectivity index (χ1) is 9.08. The molecule has 0 saturated heterocycles.